The van der Waals surface area contributed by atoms with Crippen LogP contribution in [0.3, 0.4) is 0 Å². The third-order valence-corrected chi connectivity index (χ3v) is 3.32. The molecule has 0 spiro atoms. The van der Waals surface area contributed by atoms with Crippen LogP contribution in [-0.2, 0) is 4.74 Å². The molecule has 2 rings (SSSR count). The highest BCUT2D eigenvalue weighted by atomic mass is 32.1. The lowest BCUT2D eigenvalue weighted by Crippen LogP contribution is -2.06. The summed E-state index contributed by atoms with van der Waals surface area (Å²) in [4.78, 5) is 23.2. The van der Waals surface area contributed by atoms with Crippen molar-refractivity contribution in [3.8, 4) is 11.5 Å². The van der Waals surface area contributed by atoms with Gasteiger partial charge in [0.05, 0.1) is 7.11 Å². The number of thiophene rings is 1. The van der Waals surface area contributed by atoms with Crippen molar-refractivity contribution in [1.82, 2.24) is 0 Å². The van der Waals surface area contributed by atoms with Crippen molar-refractivity contribution in [2.24, 2.45) is 0 Å². The monoisotopic (exact) mass is 278 g/mol. The van der Waals surface area contributed by atoms with E-state index in [9.17, 15) is 14.7 Å². The van der Waals surface area contributed by atoms with Gasteiger partial charge in [-0.2, -0.15) is 0 Å². The van der Waals surface area contributed by atoms with Gasteiger partial charge in [-0.25, -0.2) is 9.59 Å². The van der Waals surface area contributed by atoms with Crippen molar-refractivity contribution < 1.29 is 24.2 Å². The molecule has 6 heteroatoms. The average molecular weight is 278 g/mol. The van der Waals surface area contributed by atoms with Crippen molar-refractivity contribution in [2.75, 3.05) is 7.11 Å². The van der Waals surface area contributed by atoms with E-state index in [4.69, 9.17) is 4.74 Å². The van der Waals surface area contributed by atoms with Crippen molar-refractivity contribution in [3.63, 3.8) is 0 Å². The molecule has 0 aliphatic heterocycles. The number of methoxy groups -OCH3 is 1. The molecule has 0 saturated heterocycles. The molecule has 1 N–H and O–H groups in total. The van der Waals surface area contributed by atoms with E-state index < -0.39 is 11.9 Å². The Hall–Kier alpha value is -2.34. The quantitative estimate of drug-likeness (QED) is 0.689. The van der Waals surface area contributed by atoms with Crippen LogP contribution in [0, 0.1) is 0 Å². The first-order valence-corrected chi connectivity index (χ1v) is 6.12. The van der Waals surface area contributed by atoms with Crippen LogP contribution in [-0.4, -0.2) is 24.2 Å². The molecule has 0 aliphatic rings. The van der Waals surface area contributed by atoms with Crippen LogP contribution in [0.5, 0.6) is 11.5 Å². The summed E-state index contributed by atoms with van der Waals surface area (Å²) in [7, 11) is 1.22. The van der Waals surface area contributed by atoms with Crippen LogP contribution in [0.25, 0.3) is 0 Å². The molecule has 1 aromatic carbocycles. The number of rotatable bonds is 3. The van der Waals surface area contributed by atoms with E-state index >= 15 is 0 Å². The molecule has 0 bridgehead atoms. The fraction of sp³-hybridized carbons (Fsp3) is 0.0769. The summed E-state index contributed by atoms with van der Waals surface area (Å²) in [6, 6.07) is 9.63. The number of ether oxygens (including phenoxy) is 2. The van der Waals surface area contributed by atoms with E-state index in [0.717, 1.165) is 11.3 Å². The first-order chi connectivity index (χ1) is 9.11. The minimum atomic E-state index is -0.719. The first kappa shape index (κ1) is 13.1. The second kappa shape index (κ2) is 5.53. The number of carbonyl (C=O) groups excluding carboxylic acids is 2. The Bertz CT molecular complexity index is 603. The van der Waals surface area contributed by atoms with Crippen molar-refractivity contribution in [1.29, 1.82) is 0 Å². The van der Waals surface area contributed by atoms with Gasteiger partial charge < -0.3 is 14.6 Å². The molecule has 0 unspecified atom stereocenters. The van der Waals surface area contributed by atoms with E-state index in [1.54, 1.807) is 30.3 Å². The van der Waals surface area contributed by atoms with Crippen LogP contribution in [0.2, 0.25) is 0 Å². The Morgan fingerprint density at radius 2 is 1.84 bits per heavy atom. The molecule has 5 nitrogen and oxygen atoms in total. The largest absolute Gasteiger partial charge is 0.506 e. The zero-order valence-electron chi connectivity index (χ0n) is 9.95. The van der Waals surface area contributed by atoms with Gasteiger partial charge in [-0.05, 0) is 12.1 Å². The zero-order valence-corrected chi connectivity index (χ0v) is 10.8. The maximum atomic E-state index is 11.8. The third kappa shape index (κ3) is 2.92. The summed E-state index contributed by atoms with van der Waals surface area (Å²) in [6.07, 6.45) is 0. The van der Waals surface area contributed by atoms with Gasteiger partial charge in [0.1, 0.15) is 16.4 Å². The maximum Gasteiger partial charge on any atom is 0.357 e. The van der Waals surface area contributed by atoms with Crippen molar-refractivity contribution in [2.45, 2.75) is 0 Å². The number of hydrogen-bond donors (Lipinski definition) is 1. The van der Waals surface area contributed by atoms with Crippen LogP contribution in [0.4, 0.5) is 0 Å². The topological polar surface area (TPSA) is 72.8 Å². The van der Waals surface area contributed by atoms with Crippen LogP contribution < -0.4 is 4.74 Å². The molecule has 0 aliphatic carbocycles. The summed E-state index contributed by atoms with van der Waals surface area (Å²) in [6.45, 7) is 0. The lowest BCUT2D eigenvalue weighted by Gasteiger charge is -2.01. The van der Waals surface area contributed by atoms with Crippen molar-refractivity contribution in [3.05, 3.63) is 46.2 Å². The summed E-state index contributed by atoms with van der Waals surface area (Å²) in [5.74, 6) is -1.27. The Balaban J connectivity index is 2.20. The van der Waals surface area contributed by atoms with Gasteiger partial charge in [-0.3, -0.25) is 0 Å². The second-order valence-corrected chi connectivity index (χ2v) is 4.57. The fourth-order valence-corrected chi connectivity index (χ4v) is 2.22. The Morgan fingerprint density at radius 1 is 1.16 bits per heavy atom. The zero-order chi connectivity index (χ0) is 13.8. The number of esters is 2. The standard InChI is InChI=1S/C13H10O5S/c1-17-12(15)10-7-9(14)11(19-10)13(16)18-8-5-3-2-4-6-8/h2-7,14H,1H3. The highest BCUT2D eigenvalue weighted by molar-refractivity contribution is 7.16. The van der Waals surface area contributed by atoms with Crippen LogP contribution in [0.1, 0.15) is 19.3 Å². The molecule has 19 heavy (non-hydrogen) atoms. The average Bonchev–Trinajstić information content (AvgIpc) is 2.81. The molecule has 0 radical (unpaired) electrons. The number of hydrogen-bond acceptors (Lipinski definition) is 6. The van der Waals surface area contributed by atoms with E-state index in [2.05, 4.69) is 4.74 Å². The number of para-hydroxylation sites is 1. The van der Waals surface area contributed by atoms with Gasteiger partial charge in [-0.15, -0.1) is 11.3 Å². The van der Waals surface area contributed by atoms with Crippen molar-refractivity contribution >= 4 is 23.3 Å². The SMILES string of the molecule is COC(=O)c1cc(O)c(C(=O)Oc2ccccc2)s1. The molecule has 0 atom stereocenters. The lowest BCUT2D eigenvalue weighted by atomic mass is 10.3. The van der Waals surface area contributed by atoms with E-state index in [1.165, 1.54) is 13.2 Å². The molecular formula is C13H10O5S. The predicted octanol–water partition coefficient (Wildman–Crippen LogP) is 2.46. The van der Waals surface area contributed by atoms with E-state index in [1.807, 2.05) is 0 Å². The Morgan fingerprint density at radius 3 is 2.47 bits per heavy atom. The summed E-state index contributed by atoms with van der Waals surface area (Å²) < 4.78 is 9.58. The van der Waals surface area contributed by atoms with Gasteiger partial charge in [-0.1, -0.05) is 18.2 Å². The normalized spacial score (nSPS) is 9.95. The summed E-state index contributed by atoms with van der Waals surface area (Å²) >= 11 is 0.820. The predicted molar refractivity (Wildman–Crippen MR) is 68.7 cm³/mol. The lowest BCUT2D eigenvalue weighted by molar-refractivity contribution is 0.0605. The first-order valence-electron chi connectivity index (χ1n) is 5.30. The summed E-state index contributed by atoms with van der Waals surface area (Å²) in [5, 5.41) is 9.63. The summed E-state index contributed by atoms with van der Waals surface area (Å²) in [5.41, 5.74) is 0. The molecular weight excluding hydrogens is 268 g/mol. The van der Waals surface area contributed by atoms with E-state index in [-0.39, 0.29) is 15.5 Å². The van der Waals surface area contributed by atoms with Crippen LogP contribution >= 0.6 is 11.3 Å². The molecule has 0 amide bonds. The third-order valence-electron chi connectivity index (χ3n) is 2.24. The number of aromatic hydroxyl groups is 1. The fourth-order valence-electron chi connectivity index (χ4n) is 1.37. The minimum absolute atomic E-state index is 0.0377. The smallest absolute Gasteiger partial charge is 0.357 e. The second-order valence-electron chi connectivity index (χ2n) is 3.52. The molecule has 1 heterocycles. The van der Waals surface area contributed by atoms with Gasteiger partial charge in [0.25, 0.3) is 0 Å². The van der Waals surface area contributed by atoms with Gasteiger partial charge in [0, 0.05) is 6.07 Å². The molecule has 0 fully saturated rings. The molecule has 0 saturated carbocycles. The number of carbonyl (C=O) groups is 2. The molecule has 1 aromatic heterocycles. The number of benzene rings is 1. The maximum absolute atomic E-state index is 11.8. The van der Waals surface area contributed by atoms with E-state index in [0.29, 0.717) is 5.75 Å². The van der Waals surface area contributed by atoms with Gasteiger partial charge in [0.15, 0.2) is 4.88 Å². The Kier molecular flexibility index (Phi) is 3.82. The Labute approximate surface area is 113 Å². The highest BCUT2D eigenvalue weighted by Gasteiger charge is 2.21. The van der Waals surface area contributed by atoms with Crippen LogP contribution in [0.15, 0.2) is 36.4 Å². The molecule has 98 valence electrons. The molecule has 2 aromatic rings. The van der Waals surface area contributed by atoms with Gasteiger partial charge >= 0.3 is 11.9 Å². The van der Waals surface area contributed by atoms with Gasteiger partial charge in [0.2, 0.25) is 0 Å². The highest BCUT2D eigenvalue weighted by Crippen LogP contribution is 2.29. The minimum Gasteiger partial charge on any atom is -0.506 e.